The quantitative estimate of drug-likeness (QED) is 0.179. The van der Waals surface area contributed by atoms with E-state index in [1.807, 2.05) is 0 Å². The van der Waals surface area contributed by atoms with E-state index in [-0.39, 0.29) is 18.0 Å². The molecule has 0 aliphatic rings. The van der Waals surface area contributed by atoms with Gasteiger partial charge in [0.1, 0.15) is 6.04 Å². The van der Waals surface area contributed by atoms with Crippen molar-refractivity contribution in [3.8, 4) is 0 Å². The maximum absolute atomic E-state index is 13.4. The molecule has 4 aromatic rings. The number of aromatic amines is 2. The van der Waals surface area contributed by atoms with Gasteiger partial charge >= 0.3 is 5.97 Å². The van der Waals surface area contributed by atoms with E-state index < -0.39 is 27.9 Å². The molecule has 36 heavy (non-hydrogen) atoms. The number of rotatable bonds is 12. The lowest BCUT2D eigenvalue weighted by atomic mass is 10.1. The number of hydrogen-bond donors (Lipinski definition) is 5. The largest absolute Gasteiger partial charge is 0.480 e. The van der Waals surface area contributed by atoms with Crippen LogP contribution in [0.5, 0.6) is 0 Å². The third-order valence-corrected chi connectivity index (χ3v) is 6.91. The number of amides is 1. The number of H-pyrrole nitrogens is 2. The van der Waals surface area contributed by atoms with Gasteiger partial charge in [0.2, 0.25) is 10.0 Å². The number of nitrogens with one attached hydrogen (secondary N) is 4. The van der Waals surface area contributed by atoms with Crippen LogP contribution in [0.25, 0.3) is 10.9 Å². The van der Waals surface area contributed by atoms with Gasteiger partial charge in [-0.1, -0.05) is 24.3 Å². The molecule has 2 aromatic heterocycles. The average molecular weight is 512 g/mol. The molecule has 0 radical (unpaired) electrons. The number of carbonyl (C=O) groups is 2. The number of hydrogen-bond acceptors (Lipinski definition) is 7. The molecule has 0 bridgehead atoms. The Morgan fingerprint density at radius 1 is 1.14 bits per heavy atom. The number of aliphatic carboxylic acids is 1. The SMILES string of the molecule is O=C(O)C(CN(CCCNc1ncc[nH]1)C(=O)c1ccc2cn[nH]c2c1)NS(=O)(=O)c1ccccc1. The molecule has 188 valence electrons. The molecule has 5 N–H and O–H groups in total. The van der Waals surface area contributed by atoms with Crippen molar-refractivity contribution in [3.63, 3.8) is 0 Å². The van der Waals surface area contributed by atoms with Crippen LogP contribution in [0, 0.1) is 0 Å². The molecule has 1 unspecified atom stereocenters. The maximum Gasteiger partial charge on any atom is 0.323 e. The first-order valence-electron chi connectivity index (χ1n) is 11.1. The van der Waals surface area contributed by atoms with Gasteiger partial charge in [-0.25, -0.2) is 13.4 Å². The number of sulfonamides is 1. The van der Waals surface area contributed by atoms with Crippen molar-refractivity contribution in [1.82, 2.24) is 29.8 Å². The summed E-state index contributed by atoms with van der Waals surface area (Å²) >= 11 is 0. The smallest absolute Gasteiger partial charge is 0.323 e. The minimum absolute atomic E-state index is 0.0681. The van der Waals surface area contributed by atoms with Gasteiger partial charge < -0.3 is 20.3 Å². The van der Waals surface area contributed by atoms with E-state index in [9.17, 15) is 23.1 Å². The molecular weight excluding hydrogens is 486 g/mol. The van der Waals surface area contributed by atoms with Gasteiger partial charge in [-0.05, 0) is 30.7 Å². The molecule has 1 amide bonds. The van der Waals surface area contributed by atoms with Crippen molar-refractivity contribution >= 4 is 38.8 Å². The number of carboxylic acids is 1. The summed E-state index contributed by atoms with van der Waals surface area (Å²) in [5.74, 6) is -1.27. The Kier molecular flexibility index (Phi) is 7.61. The number of carbonyl (C=O) groups excluding carboxylic acids is 1. The lowest BCUT2D eigenvalue weighted by Gasteiger charge is -2.26. The summed E-state index contributed by atoms with van der Waals surface area (Å²) in [7, 11) is -4.12. The molecule has 0 saturated heterocycles. The van der Waals surface area contributed by atoms with Crippen LogP contribution < -0.4 is 10.0 Å². The number of anilines is 1. The van der Waals surface area contributed by atoms with Gasteiger partial charge in [0, 0.05) is 43.0 Å². The Balaban J connectivity index is 1.53. The predicted octanol–water partition coefficient (Wildman–Crippen LogP) is 1.66. The Morgan fingerprint density at radius 3 is 2.67 bits per heavy atom. The van der Waals surface area contributed by atoms with Crippen LogP contribution in [0.2, 0.25) is 0 Å². The molecule has 2 aromatic carbocycles. The minimum atomic E-state index is -4.12. The van der Waals surface area contributed by atoms with E-state index >= 15 is 0 Å². The van der Waals surface area contributed by atoms with E-state index in [0.29, 0.717) is 30.0 Å². The van der Waals surface area contributed by atoms with Crippen LogP contribution in [0.15, 0.2) is 72.0 Å². The van der Waals surface area contributed by atoms with Gasteiger partial charge in [0.25, 0.3) is 5.91 Å². The summed E-state index contributed by atoms with van der Waals surface area (Å²) in [6.45, 7) is 0.247. The van der Waals surface area contributed by atoms with Crippen LogP contribution >= 0.6 is 0 Å². The molecular formula is C23H25N7O5S. The Labute approximate surface area is 206 Å². The summed E-state index contributed by atoms with van der Waals surface area (Å²) < 4.78 is 27.8. The van der Waals surface area contributed by atoms with Crippen LogP contribution in [0.1, 0.15) is 16.8 Å². The highest BCUT2D eigenvalue weighted by Crippen LogP contribution is 2.16. The molecule has 2 heterocycles. The van der Waals surface area contributed by atoms with Gasteiger partial charge in [0.15, 0.2) is 5.95 Å². The number of aromatic nitrogens is 4. The number of benzene rings is 2. The Morgan fingerprint density at radius 2 is 1.94 bits per heavy atom. The average Bonchev–Trinajstić information content (AvgIpc) is 3.56. The fourth-order valence-corrected chi connectivity index (χ4v) is 4.81. The second-order valence-electron chi connectivity index (χ2n) is 7.97. The molecule has 1 atom stereocenters. The number of carboxylic acid groups (broad SMARTS) is 1. The maximum atomic E-state index is 13.4. The molecule has 12 nitrogen and oxygen atoms in total. The summed E-state index contributed by atoms with van der Waals surface area (Å²) in [5, 5.41) is 20.4. The van der Waals surface area contributed by atoms with Crippen molar-refractivity contribution in [2.75, 3.05) is 25.0 Å². The summed E-state index contributed by atoms with van der Waals surface area (Å²) in [5.41, 5.74) is 0.973. The van der Waals surface area contributed by atoms with Crippen LogP contribution in [-0.4, -0.2) is 76.1 Å². The highest BCUT2D eigenvalue weighted by atomic mass is 32.2. The molecule has 0 fully saturated rings. The van der Waals surface area contributed by atoms with E-state index in [1.54, 1.807) is 42.9 Å². The van der Waals surface area contributed by atoms with Gasteiger partial charge in [-0.15, -0.1) is 0 Å². The molecule has 0 aliphatic heterocycles. The zero-order valence-electron chi connectivity index (χ0n) is 19.1. The van der Waals surface area contributed by atoms with Gasteiger partial charge in [-0.3, -0.25) is 14.7 Å². The second-order valence-corrected chi connectivity index (χ2v) is 9.68. The summed E-state index contributed by atoms with van der Waals surface area (Å²) in [6.07, 6.45) is 5.34. The fraction of sp³-hybridized carbons (Fsp3) is 0.217. The van der Waals surface area contributed by atoms with E-state index in [2.05, 4.69) is 30.2 Å². The summed E-state index contributed by atoms with van der Waals surface area (Å²) in [4.78, 5) is 33.7. The normalized spacial score (nSPS) is 12.3. The molecule has 13 heteroatoms. The zero-order valence-corrected chi connectivity index (χ0v) is 19.9. The second kappa shape index (κ2) is 11.0. The van der Waals surface area contributed by atoms with Crippen LogP contribution in [0.4, 0.5) is 5.95 Å². The third kappa shape index (κ3) is 6.06. The molecule has 0 spiro atoms. The highest BCUT2D eigenvalue weighted by Gasteiger charge is 2.29. The Bertz CT molecular complexity index is 1420. The first kappa shape index (κ1) is 24.9. The molecule has 0 aliphatic carbocycles. The third-order valence-electron chi connectivity index (χ3n) is 5.42. The lowest BCUT2D eigenvalue weighted by molar-refractivity contribution is -0.139. The fourth-order valence-electron chi connectivity index (χ4n) is 3.61. The van der Waals surface area contributed by atoms with E-state index in [0.717, 1.165) is 5.39 Å². The minimum Gasteiger partial charge on any atom is -0.480 e. The molecule has 0 saturated carbocycles. The molecule has 4 rings (SSSR count). The van der Waals surface area contributed by atoms with E-state index in [4.69, 9.17) is 0 Å². The highest BCUT2D eigenvalue weighted by molar-refractivity contribution is 7.89. The van der Waals surface area contributed by atoms with Crippen molar-refractivity contribution < 1.29 is 23.1 Å². The first-order chi connectivity index (χ1) is 17.3. The van der Waals surface area contributed by atoms with Crippen molar-refractivity contribution in [1.29, 1.82) is 0 Å². The topological polar surface area (TPSA) is 173 Å². The van der Waals surface area contributed by atoms with E-state index in [1.165, 1.54) is 29.2 Å². The van der Waals surface area contributed by atoms with Gasteiger partial charge in [-0.2, -0.15) is 9.82 Å². The summed E-state index contributed by atoms with van der Waals surface area (Å²) in [6, 6.07) is 10.9. The number of imidazole rings is 1. The first-order valence-corrected chi connectivity index (χ1v) is 12.6. The lowest BCUT2D eigenvalue weighted by Crippen LogP contribution is -2.50. The zero-order chi connectivity index (χ0) is 25.5. The van der Waals surface area contributed by atoms with Crippen LogP contribution in [0.3, 0.4) is 0 Å². The standard InChI is InChI=1S/C23H25N7O5S/c31-21(16-7-8-17-14-27-28-19(17)13-16)30(12-4-9-24-23-25-10-11-26-23)15-20(22(32)33)29-36(34,35)18-5-2-1-3-6-18/h1-3,5-8,10-11,13-14,20,29H,4,9,12,15H2,(H,27,28)(H,32,33)(H2,24,25,26). The predicted molar refractivity (Wildman–Crippen MR) is 132 cm³/mol. The number of nitrogens with zero attached hydrogens (tertiary/aromatic N) is 3. The van der Waals surface area contributed by atoms with Crippen molar-refractivity contribution in [2.24, 2.45) is 0 Å². The van der Waals surface area contributed by atoms with Crippen molar-refractivity contribution in [2.45, 2.75) is 17.4 Å². The Hall–Kier alpha value is -4.23. The van der Waals surface area contributed by atoms with Crippen molar-refractivity contribution in [3.05, 3.63) is 72.7 Å². The van der Waals surface area contributed by atoms with Crippen LogP contribution in [-0.2, 0) is 14.8 Å². The van der Waals surface area contributed by atoms with Gasteiger partial charge in [0.05, 0.1) is 16.6 Å². The number of fused-ring (bicyclic) bond motifs is 1. The monoisotopic (exact) mass is 511 g/mol.